The maximum atomic E-state index is 13.9. The molecule has 30 heavy (non-hydrogen) atoms. The van der Waals surface area contributed by atoms with E-state index in [9.17, 15) is 14.0 Å². The molecule has 6 heteroatoms. The Morgan fingerprint density at radius 3 is 2.40 bits per heavy atom. The molecular formula is C24H22FNO4. The van der Waals surface area contributed by atoms with Gasteiger partial charge in [0.2, 0.25) is 6.10 Å². The number of hydrogen-bond acceptors (Lipinski definition) is 4. The van der Waals surface area contributed by atoms with Gasteiger partial charge in [-0.1, -0.05) is 48.5 Å². The second kappa shape index (κ2) is 9.69. The number of amides is 1. The summed E-state index contributed by atoms with van der Waals surface area (Å²) >= 11 is 0. The number of carbonyl (C=O) groups excluding carboxylic acids is 2. The van der Waals surface area contributed by atoms with Gasteiger partial charge in [0.1, 0.15) is 11.6 Å². The van der Waals surface area contributed by atoms with Crippen LogP contribution >= 0.6 is 0 Å². The van der Waals surface area contributed by atoms with Crippen molar-refractivity contribution >= 4 is 17.6 Å². The number of aryl methyl sites for hydroxylation is 1. The third kappa shape index (κ3) is 5.03. The van der Waals surface area contributed by atoms with Gasteiger partial charge >= 0.3 is 5.97 Å². The van der Waals surface area contributed by atoms with E-state index in [1.54, 1.807) is 61.5 Å². The zero-order valence-corrected chi connectivity index (χ0v) is 16.7. The zero-order valence-electron chi connectivity index (χ0n) is 16.7. The average molecular weight is 407 g/mol. The standard InChI is InChI=1S/C24H22FNO4/c1-3-29-21-12-8-7-11-20(21)26-23(27)22(17-9-5-4-6-10-17)30-24(28)18-14-13-16(2)19(25)15-18/h4-15,22H,3H2,1-2H3,(H,26,27). The summed E-state index contributed by atoms with van der Waals surface area (Å²) in [6.45, 7) is 3.87. The van der Waals surface area contributed by atoms with Gasteiger partial charge in [-0.3, -0.25) is 4.79 Å². The largest absolute Gasteiger partial charge is 0.492 e. The Morgan fingerprint density at radius 2 is 1.70 bits per heavy atom. The Bertz CT molecular complexity index is 1040. The molecule has 0 aromatic heterocycles. The van der Waals surface area contributed by atoms with E-state index in [1.807, 2.05) is 6.92 Å². The quantitative estimate of drug-likeness (QED) is 0.556. The third-order valence-electron chi connectivity index (χ3n) is 4.42. The molecule has 1 unspecified atom stereocenters. The van der Waals surface area contributed by atoms with Gasteiger partial charge in [0, 0.05) is 5.56 Å². The summed E-state index contributed by atoms with van der Waals surface area (Å²) in [6.07, 6.45) is -1.22. The predicted octanol–water partition coefficient (Wildman–Crippen LogP) is 5.07. The lowest BCUT2D eigenvalue weighted by Gasteiger charge is -2.19. The molecule has 0 heterocycles. The first-order valence-corrected chi connectivity index (χ1v) is 9.54. The maximum absolute atomic E-state index is 13.9. The maximum Gasteiger partial charge on any atom is 0.339 e. The van der Waals surface area contributed by atoms with Crippen LogP contribution in [0.25, 0.3) is 0 Å². The SMILES string of the molecule is CCOc1ccccc1NC(=O)C(OC(=O)c1ccc(C)c(F)c1)c1ccccc1. The van der Waals surface area contributed by atoms with E-state index in [-0.39, 0.29) is 5.56 Å². The van der Waals surface area contributed by atoms with Gasteiger partial charge in [-0.2, -0.15) is 0 Å². The van der Waals surface area contributed by atoms with E-state index in [1.165, 1.54) is 12.1 Å². The fourth-order valence-electron chi connectivity index (χ4n) is 2.85. The first kappa shape index (κ1) is 21.0. The second-order valence-electron chi connectivity index (χ2n) is 6.58. The fraction of sp³-hybridized carbons (Fsp3) is 0.167. The molecule has 5 nitrogen and oxygen atoms in total. The van der Waals surface area contributed by atoms with Gasteiger partial charge in [0.05, 0.1) is 17.9 Å². The molecule has 1 N–H and O–H groups in total. The number of carbonyl (C=O) groups is 2. The van der Waals surface area contributed by atoms with Crippen molar-refractivity contribution < 1.29 is 23.5 Å². The van der Waals surface area contributed by atoms with Gasteiger partial charge < -0.3 is 14.8 Å². The van der Waals surface area contributed by atoms with Crippen molar-refractivity contribution in [1.29, 1.82) is 0 Å². The molecule has 0 saturated heterocycles. The molecule has 3 aromatic rings. The first-order chi connectivity index (χ1) is 14.5. The molecule has 0 bridgehead atoms. The van der Waals surface area contributed by atoms with Crippen LogP contribution in [0, 0.1) is 12.7 Å². The Kier molecular flexibility index (Phi) is 6.80. The van der Waals surface area contributed by atoms with E-state index >= 15 is 0 Å². The van der Waals surface area contributed by atoms with Crippen LogP contribution in [-0.4, -0.2) is 18.5 Å². The Balaban J connectivity index is 1.87. The first-order valence-electron chi connectivity index (χ1n) is 9.54. The normalized spacial score (nSPS) is 11.4. The van der Waals surface area contributed by atoms with Crippen molar-refractivity contribution in [2.24, 2.45) is 0 Å². The molecular weight excluding hydrogens is 385 g/mol. The van der Waals surface area contributed by atoms with Crippen molar-refractivity contribution in [2.45, 2.75) is 20.0 Å². The average Bonchev–Trinajstić information content (AvgIpc) is 2.76. The van der Waals surface area contributed by atoms with Crippen molar-refractivity contribution in [2.75, 3.05) is 11.9 Å². The minimum atomic E-state index is -1.22. The molecule has 154 valence electrons. The van der Waals surface area contributed by atoms with Gasteiger partial charge in [-0.25, -0.2) is 9.18 Å². The summed E-state index contributed by atoms with van der Waals surface area (Å²) in [4.78, 5) is 25.7. The topological polar surface area (TPSA) is 64.6 Å². The molecule has 1 atom stereocenters. The lowest BCUT2D eigenvalue weighted by Crippen LogP contribution is -2.26. The monoisotopic (exact) mass is 407 g/mol. The summed E-state index contributed by atoms with van der Waals surface area (Å²) in [5, 5.41) is 2.76. The van der Waals surface area contributed by atoms with Crippen molar-refractivity contribution in [3.8, 4) is 5.75 Å². The predicted molar refractivity (Wildman–Crippen MR) is 112 cm³/mol. The molecule has 1 amide bonds. The van der Waals surface area contributed by atoms with Gasteiger partial charge in [-0.05, 0) is 43.7 Å². The fourth-order valence-corrected chi connectivity index (χ4v) is 2.85. The number of nitrogens with one attached hydrogen (secondary N) is 1. The summed E-state index contributed by atoms with van der Waals surface area (Å²) in [7, 11) is 0. The minimum absolute atomic E-state index is 0.0292. The van der Waals surface area contributed by atoms with Crippen LogP contribution in [0.3, 0.4) is 0 Å². The highest BCUT2D eigenvalue weighted by molar-refractivity contribution is 5.99. The van der Waals surface area contributed by atoms with E-state index in [4.69, 9.17) is 9.47 Å². The van der Waals surface area contributed by atoms with E-state index in [0.29, 0.717) is 29.2 Å². The number of anilines is 1. The van der Waals surface area contributed by atoms with Crippen LogP contribution in [0.5, 0.6) is 5.75 Å². The molecule has 0 aliphatic heterocycles. The van der Waals surface area contributed by atoms with E-state index < -0.39 is 23.8 Å². The molecule has 0 spiro atoms. The summed E-state index contributed by atoms with van der Waals surface area (Å²) in [6, 6.07) is 19.7. The van der Waals surface area contributed by atoms with Crippen LogP contribution in [0.15, 0.2) is 72.8 Å². The van der Waals surface area contributed by atoms with E-state index in [2.05, 4.69) is 5.32 Å². The van der Waals surface area contributed by atoms with Crippen LogP contribution in [0.1, 0.15) is 34.5 Å². The van der Waals surface area contributed by atoms with Gasteiger partial charge in [-0.15, -0.1) is 0 Å². The van der Waals surface area contributed by atoms with Crippen LogP contribution in [0.4, 0.5) is 10.1 Å². The minimum Gasteiger partial charge on any atom is -0.492 e. The number of esters is 1. The lowest BCUT2D eigenvalue weighted by molar-refractivity contribution is -0.125. The molecule has 0 radical (unpaired) electrons. The van der Waals surface area contributed by atoms with E-state index in [0.717, 1.165) is 6.07 Å². The van der Waals surface area contributed by atoms with Crippen LogP contribution in [-0.2, 0) is 9.53 Å². The number of ether oxygens (including phenoxy) is 2. The number of hydrogen-bond donors (Lipinski definition) is 1. The Hall–Kier alpha value is -3.67. The molecule has 0 aliphatic carbocycles. The second-order valence-corrected chi connectivity index (χ2v) is 6.58. The molecule has 0 aliphatic rings. The molecule has 3 aromatic carbocycles. The summed E-state index contributed by atoms with van der Waals surface area (Å²) in [5.74, 6) is -1.35. The number of para-hydroxylation sites is 2. The van der Waals surface area contributed by atoms with Crippen molar-refractivity contribution in [3.63, 3.8) is 0 Å². The van der Waals surface area contributed by atoms with Crippen LogP contribution in [0.2, 0.25) is 0 Å². The third-order valence-corrected chi connectivity index (χ3v) is 4.42. The number of rotatable bonds is 7. The highest BCUT2D eigenvalue weighted by Crippen LogP contribution is 2.27. The summed E-state index contributed by atoms with van der Waals surface area (Å²) < 4.78 is 24.9. The van der Waals surface area contributed by atoms with Gasteiger partial charge in [0.15, 0.2) is 0 Å². The summed E-state index contributed by atoms with van der Waals surface area (Å²) in [5.41, 5.74) is 1.39. The Labute approximate surface area is 174 Å². The van der Waals surface area contributed by atoms with Crippen LogP contribution < -0.4 is 10.1 Å². The van der Waals surface area contributed by atoms with Crippen molar-refractivity contribution in [3.05, 3.63) is 95.3 Å². The highest BCUT2D eigenvalue weighted by Gasteiger charge is 2.26. The lowest BCUT2D eigenvalue weighted by atomic mass is 10.1. The zero-order chi connectivity index (χ0) is 21.5. The highest BCUT2D eigenvalue weighted by atomic mass is 19.1. The molecule has 0 saturated carbocycles. The smallest absolute Gasteiger partial charge is 0.339 e. The van der Waals surface area contributed by atoms with Crippen molar-refractivity contribution in [1.82, 2.24) is 0 Å². The molecule has 3 rings (SSSR count). The number of benzene rings is 3. The Morgan fingerprint density at radius 1 is 1.00 bits per heavy atom. The molecule has 0 fully saturated rings. The number of halogens is 1. The van der Waals surface area contributed by atoms with Gasteiger partial charge in [0.25, 0.3) is 5.91 Å².